The molecule has 0 radical (unpaired) electrons. The van der Waals surface area contributed by atoms with E-state index in [1.165, 1.54) is 17.4 Å². The number of halogens is 3. The van der Waals surface area contributed by atoms with Crippen LogP contribution in [0.15, 0.2) is 53.2 Å². The summed E-state index contributed by atoms with van der Waals surface area (Å²) in [6.45, 7) is 0. The molecule has 104 valence electrons. The van der Waals surface area contributed by atoms with Gasteiger partial charge in [-0.2, -0.15) is 24.5 Å². The van der Waals surface area contributed by atoms with E-state index in [1.807, 2.05) is 35.0 Å². The molecule has 0 N–H and O–H groups in total. The van der Waals surface area contributed by atoms with E-state index in [0.29, 0.717) is 5.39 Å². The van der Waals surface area contributed by atoms with E-state index in [4.69, 9.17) is 0 Å². The summed E-state index contributed by atoms with van der Waals surface area (Å²) in [6, 6.07) is 11.8. The lowest BCUT2D eigenvalue weighted by atomic mass is 9.95. The summed E-state index contributed by atoms with van der Waals surface area (Å²) in [7, 11) is 0. The van der Waals surface area contributed by atoms with Gasteiger partial charge in [0.15, 0.2) is 0 Å². The Morgan fingerprint density at radius 2 is 1.24 bits per heavy atom. The van der Waals surface area contributed by atoms with Crippen LogP contribution in [0.2, 0.25) is 0 Å². The first-order valence-electron chi connectivity index (χ1n) is 6.43. The van der Waals surface area contributed by atoms with Crippen LogP contribution in [0.1, 0.15) is 5.56 Å². The average molecular weight is 302 g/mol. The van der Waals surface area contributed by atoms with Crippen LogP contribution >= 0.6 is 11.3 Å². The Hall–Kier alpha value is -2.07. The Kier molecular flexibility index (Phi) is 2.54. The summed E-state index contributed by atoms with van der Waals surface area (Å²) in [5.41, 5.74) is -0.599. The molecule has 1 aromatic heterocycles. The molecule has 4 aromatic rings. The maximum absolute atomic E-state index is 13.0. The van der Waals surface area contributed by atoms with Gasteiger partial charge < -0.3 is 0 Å². The first-order chi connectivity index (χ1) is 10.1. The second-order valence-corrected chi connectivity index (χ2v) is 5.75. The second kappa shape index (κ2) is 4.21. The molecule has 1 heterocycles. The molecule has 4 rings (SSSR count). The van der Waals surface area contributed by atoms with Crippen molar-refractivity contribution in [1.82, 2.24) is 0 Å². The summed E-state index contributed by atoms with van der Waals surface area (Å²) >= 11 is 1.51. The maximum atomic E-state index is 13.0. The molecule has 0 fully saturated rings. The van der Waals surface area contributed by atoms with Crippen LogP contribution in [0.5, 0.6) is 0 Å². The number of benzene rings is 3. The molecule has 0 saturated heterocycles. The molecule has 0 atom stereocenters. The van der Waals surface area contributed by atoms with Gasteiger partial charge in [0, 0.05) is 10.8 Å². The largest absolute Gasteiger partial charge is 0.416 e. The lowest BCUT2D eigenvalue weighted by molar-refractivity contribution is -0.137. The van der Waals surface area contributed by atoms with Gasteiger partial charge in [-0.1, -0.05) is 30.3 Å². The molecule has 0 unspecified atom stereocenters. The van der Waals surface area contributed by atoms with Gasteiger partial charge in [0.1, 0.15) is 0 Å². The van der Waals surface area contributed by atoms with E-state index in [-0.39, 0.29) is 0 Å². The summed E-state index contributed by atoms with van der Waals surface area (Å²) in [4.78, 5) is 0. The van der Waals surface area contributed by atoms with Crippen LogP contribution in [0.3, 0.4) is 0 Å². The van der Waals surface area contributed by atoms with Gasteiger partial charge in [-0.05, 0) is 44.4 Å². The normalized spacial score (nSPS) is 12.5. The molecule has 0 spiro atoms. The van der Waals surface area contributed by atoms with Gasteiger partial charge in [-0.3, -0.25) is 0 Å². The van der Waals surface area contributed by atoms with E-state index < -0.39 is 11.7 Å². The van der Waals surface area contributed by atoms with E-state index in [0.717, 1.165) is 33.0 Å². The van der Waals surface area contributed by atoms with Gasteiger partial charge >= 0.3 is 6.18 Å². The maximum Gasteiger partial charge on any atom is 0.416 e. The average Bonchev–Trinajstić information content (AvgIpc) is 2.96. The number of hydrogen-bond donors (Lipinski definition) is 0. The van der Waals surface area contributed by atoms with Crippen LogP contribution in [-0.2, 0) is 6.18 Å². The minimum Gasteiger partial charge on any atom is -0.166 e. The van der Waals surface area contributed by atoms with Crippen LogP contribution in [0, 0.1) is 0 Å². The van der Waals surface area contributed by atoms with Crippen molar-refractivity contribution in [2.24, 2.45) is 0 Å². The van der Waals surface area contributed by atoms with Crippen molar-refractivity contribution in [3.05, 3.63) is 58.8 Å². The smallest absolute Gasteiger partial charge is 0.166 e. The fourth-order valence-corrected chi connectivity index (χ4v) is 3.69. The third-order valence-electron chi connectivity index (χ3n) is 3.81. The minimum atomic E-state index is -4.32. The monoisotopic (exact) mass is 302 g/mol. The number of hydrogen-bond acceptors (Lipinski definition) is 1. The number of rotatable bonds is 0. The quantitative estimate of drug-likeness (QED) is 0.338. The highest BCUT2D eigenvalue weighted by molar-refractivity contribution is 7.09. The third-order valence-corrected chi connectivity index (χ3v) is 4.55. The third kappa shape index (κ3) is 1.83. The van der Waals surface area contributed by atoms with Crippen LogP contribution in [0.25, 0.3) is 32.3 Å². The van der Waals surface area contributed by atoms with Crippen molar-refractivity contribution >= 4 is 43.7 Å². The van der Waals surface area contributed by atoms with Gasteiger partial charge in [0.2, 0.25) is 0 Å². The lowest BCUT2D eigenvalue weighted by Gasteiger charge is -2.11. The number of thiophene rings is 1. The van der Waals surface area contributed by atoms with Crippen molar-refractivity contribution in [2.75, 3.05) is 0 Å². The Morgan fingerprint density at radius 3 is 1.90 bits per heavy atom. The van der Waals surface area contributed by atoms with Crippen molar-refractivity contribution in [1.29, 1.82) is 0 Å². The standard InChI is InChI=1S/C17H9F3S/c18-17(19,20)10-5-6-13-11-3-1-2-4-12(11)15-8-21-9-16(15)14(13)7-10/h1-9H. The summed E-state index contributed by atoms with van der Waals surface area (Å²) < 4.78 is 38.9. The minimum absolute atomic E-state index is 0.599. The molecular weight excluding hydrogens is 293 g/mol. The van der Waals surface area contributed by atoms with Crippen molar-refractivity contribution in [2.45, 2.75) is 6.18 Å². The van der Waals surface area contributed by atoms with E-state index >= 15 is 0 Å². The predicted molar refractivity (Wildman–Crippen MR) is 81.8 cm³/mol. The van der Waals surface area contributed by atoms with Crippen LogP contribution in [-0.4, -0.2) is 0 Å². The highest BCUT2D eigenvalue weighted by atomic mass is 32.1. The van der Waals surface area contributed by atoms with Crippen molar-refractivity contribution < 1.29 is 13.2 Å². The summed E-state index contributed by atoms with van der Waals surface area (Å²) in [6.07, 6.45) is -4.32. The number of alkyl halides is 3. The molecule has 0 aliphatic heterocycles. The molecule has 21 heavy (non-hydrogen) atoms. The Balaban J connectivity index is 2.25. The Labute approximate surface area is 122 Å². The van der Waals surface area contributed by atoms with Gasteiger partial charge in [-0.15, -0.1) is 0 Å². The van der Waals surface area contributed by atoms with E-state index in [2.05, 4.69) is 0 Å². The molecule has 0 bridgehead atoms. The SMILES string of the molecule is FC(F)(F)c1ccc2c3ccccc3c3cscc3c2c1. The summed E-state index contributed by atoms with van der Waals surface area (Å²) in [5, 5.41) is 9.43. The second-order valence-electron chi connectivity index (χ2n) is 5.00. The van der Waals surface area contributed by atoms with Crippen LogP contribution in [0.4, 0.5) is 13.2 Å². The molecule has 4 heteroatoms. The zero-order chi connectivity index (χ0) is 14.6. The van der Waals surface area contributed by atoms with Gasteiger partial charge in [0.25, 0.3) is 0 Å². The Bertz CT molecular complexity index is 980. The molecule has 0 saturated carbocycles. The zero-order valence-electron chi connectivity index (χ0n) is 10.7. The highest BCUT2D eigenvalue weighted by Gasteiger charge is 2.30. The first kappa shape index (κ1) is 12.7. The zero-order valence-corrected chi connectivity index (χ0v) is 11.6. The fraction of sp³-hybridized carbons (Fsp3) is 0.0588. The Morgan fingerprint density at radius 1 is 0.667 bits per heavy atom. The lowest BCUT2D eigenvalue weighted by Crippen LogP contribution is -2.04. The molecule has 0 nitrogen and oxygen atoms in total. The molecule has 3 aromatic carbocycles. The number of fused-ring (bicyclic) bond motifs is 6. The van der Waals surface area contributed by atoms with Crippen molar-refractivity contribution in [3.63, 3.8) is 0 Å². The fourth-order valence-electron chi connectivity index (χ4n) is 2.85. The van der Waals surface area contributed by atoms with Gasteiger partial charge in [-0.25, -0.2) is 0 Å². The van der Waals surface area contributed by atoms with Crippen LogP contribution < -0.4 is 0 Å². The first-order valence-corrected chi connectivity index (χ1v) is 7.37. The van der Waals surface area contributed by atoms with Crippen molar-refractivity contribution in [3.8, 4) is 0 Å². The summed E-state index contributed by atoms with van der Waals surface area (Å²) in [5.74, 6) is 0. The molecular formula is C17H9F3S. The topological polar surface area (TPSA) is 0 Å². The molecule has 0 amide bonds. The molecule has 0 aliphatic carbocycles. The van der Waals surface area contributed by atoms with Gasteiger partial charge in [0.05, 0.1) is 5.56 Å². The predicted octanol–water partition coefficient (Wildman–Crippen LogP) is 6.23. The van der Waals surface area contributed by atoms with E-state index in [9.17, 15) is 13.2 Å². The highest BCUT2D eigenvalue weighted by Crippen LogP contribution is 2.39. The van der Waals surface area contributed by atoms with E-state index in [1.54, 1.807) is 6.07 Å². The molecule has 0 aliphatic rings.